The Labute approximate surface area is 288 Å². The van der Waals surface area contributed by atoms with E-state index < -0.39 is 32.4 Å². The van der Waals surface area contributed by atoms with Crippen LogP contribution in [0.1, 0.15) is 0 Å². The number of ether oxygens (including phenoxy) is 2. The molecule has 1 aromatic heterocycles. The molecule has 0 radical (unpaired) electrons. The predicted molar refractivity (Wildman–Crippen MR) is 196 cm³/mol. The molecule has 4 aliphatic heterocycles. The van der Waals surface area contributed by atoms with Gasteiger partial charge in [0.05, 0.1) is 0 Å². The minimum atomic E-state index is -2.79. The van der Waals surface area contributed by atoms with Gasteiger partial charge in [-0.2, -0.15) is 0 Å². The Bertz CT molecular complexity index is 2450. The summed E-state index contributed by atoms with van der Waals surface area (Å²) in [5.41, 5.74) is 7.25. The Morgan fingerprint density at radius 1 is 0.417 bits per heavy atom. The number of hydrogen-bond acceptors (Lipinski definition) is 5. The molecule has 0 N–H and O–H groups in total. The van der Waals surface area contributed by atoms with Crippen LogP contribution >= 0.6 is 0 Å². The summed E-state index contributed by atoms with van der Waals surface area (Å²) in [5, 5.41) is 0. The average molecular weight is 731 g/mol. The number of hydrogen-bond donors (Lipinski definition) is 0. The molecular formula is C41H25Ga2N3O2. The van der Waals surface area contributed by atoms with Crippen LogP contribution in [0.4, 0.5) is 34.1 Å². The van der Waals surface area contributed by atoms with Gasteiger partial charge in [-0.3, -0.25) is 0 Å². The monoisotopic (exact) mass is 729 g/mol. The molecule has 48 heavy (non-hydrogen) atoms. The van der Waals surface area contributed by atoms with Gasteiger partial charge >= 0.3 is 290 Å². The normalized spacial score (nSPS) is 14.0. The van der Waals surface area contributed by atoms with Crippen molar-refractivity contribution in [1.29, 1.82) is 0 Å². The molecular weight excluding hydrogens is 706 g/mol. The summed E-state index contributed by atoms with van der Waals surface area (Å²) in [7, 11) is 0. The van der Waals surface area contributed by atoms with Gasteiger partial charge in [0.15, 0.2) is 0 Å². The second kappa shape index (κ2) is 10.2. The van der Waals surface area contributed by atoms with Crippen LogP contribution in [0, 0.1) is 0 Å². The number of anilines is 6. The topological polar surface area (TPSA) is 37.8 Å². The van der Waals surface area contributed by atoms with Crippen molar-refractivity contribution in [1.82, 2.24) is 4.98 Å². The van der Waals surface area contributed by atoms with Gasteiger partial charge in [0.1, 0.15) is 0 Å². The number of fused-ring (bicyclic) bond motifs is 8. The molecule has 0 unspecified atom stereocenters. The van der Waals surface area contributed by atoms with Gasteiger partial charge < -0.3 is 0 Å². The van der Waals surface area contributed by atoms with Gasteiger partial charge in [-0.15, -0.1) is 0 Å². The molecule has 7 aromatic rings. The van der Waals surface area contributed by atoms with Crippen LogP contribution in [0.15, 0.2) is 152 Å². The zero-order valence-corrected chi connectivity index (χ0v) is 30.6. The zero-order chi connectivity index (χ0) is 31.3. The fraction of sp³-hybridized carbons (Fsp3) is 0. The summed E-state index contributed by atoms with van der Waals surface area (Å²) in [6.45, 7) is 0. The van der Waals surface area contributed by atoms with Gasteiger partial charge in [0, 0.05) is 0 Å². The standard InChI is InChI=1S/C41H25N3O2.2Ga/c1-5-15-32(16-6-1)43(33-17-7-2-8-18-33)35-21-13-22-36(29-35)44(34-19-9-3-10-20-34)37-27-28-41(42-31-37)46-40-26-14-25-39(30-40)45-38-23-11-4-12-24-38;;/h1-17,19-23,25-27H;;. The molecule has 7 heteroatoms. The van der Waals surface area contributed by atoms with Crippen LogP contribution < -0.4 is 44.1 Å². The molecule has 0 bridgehead atoms. The van der Waals surface area contributed by atoms with Crippen molar-refractivity contribution in [3.63, 3.8) is 0 Å². The summed E-state index contributed by atoms with van der Waals surface area (Å²) < 4.78 is 21.2. The molecule has 0 aliphatic carbocycles. The number of nitrogens with zero attached hydrogens (tertiary/aromatic N) is 3. The molecule has 4 aliphatic rings. The predicted octanol–water partition coefficient (Wildman–Crippen LogP) is 5.89. The van der Waals surface area contributed by atoms with E-state index in [1.165, 1.54) is 47.6 Å². The zero-order valence-electron chi connectivity index (χ0n) is 25.7. The van der Waals surface area contributed by atoms with E-state index >= 15 is 0 Å². The van der Waals surface area contributed by atoms with Crippen LogP contribution in [-0.4, -0.2) is 37.4 Å². The third kappa shape index (κ3) is 3.70. The van der Waals surface area contributed by atoms with E-state index in [0.29, 0.717) is 0 Å². The van der Waals surface area contributed by atoms with Crippen molar-refractivity contribution in [2.24, 2.45) is 0 Å². The molecule has 11 rings (SSSR count). The average Bonchev–Trinajstić information content (AvgIpc) is 3.14. The second-order valence-electron chi connectivity index (χ2n) is 12.7. The molecule has 0 spiro atoms. The molecule has 5 nitrogen and oxygen atoms in total. The Hall–Kier alpha value is -5.06. The number of benzene rings is 6. The fourth-order valence-corrected chi connectivity index (χ4v) is 22.5. The van der Waals surface area contributed by atoms with E-state index in [1.807, 2.05) is 6.07 Å². The molecule has 0 atom stereocenters. The van der Waals surface area contributed by atoms with Gasteiger partial charge in [-0.1, -0.05) is 0 Å². The summed E-state index contributed by atoms with van der Waals surface area (Å²) in [6.07, 6.45) is 0. The van der Waals surface area contributed by atoms with E-state index in [4.69, 9.17) is 14.5 Å². The first-order valence-corrected chi connectivity index (χ1v) is 23.6. The number of rotatable bonds is 2. The van der Waals surface area contributed by atoms with Gasteiger partial charge in [-0.05, 0) is 0 Å². The van der Waals surface area contributed by atoms with Crippen molar-refractivity contribution in [2.75, 3.05) is 9.80 Å². The first kappa shape index (κ1) is 27.0. The fourth-order valence-electron chi connectivity index (χ4n) is 8.27. The van der Waals surface area contributed by atoms with Crippen LogP contribution in [0.2, 0.25) is 0 Å². The number of pyridine rings is 1. The summed E-state index contributed by atoms with van der Waals surface area (Å²) in [4.78, 5) is 10.6. The van der Waals surface area contributed by atoms with Gasteiger partial charge in [0.2, 0.25) is 0 Å². The Balaban J connectivity index is 1.22. The van der Waals surface area contributed by atoms with Gasteiger partial charge in [-0.25, -0.2) is 0 Å². The first-order valence-electron chi connectivity index (χ1n) is 16.4. The quantitative estimate of drug-likeness (QED) is 0.208. The van der Waals surface area contributed by atoms with Crippen LogP contribution in [0.5, 0.6) is 23.1 Å². The Morgan fingerprint density at radius 3 is 1.73 bits per heavy atom. The molecule has 5 heterocycles. The number of para-hydroxylation sites is 4. The van der Waals surface area contributed by atoms with E-state index in [1.54, 1.807) is 0 Å². The van der Waals surface area contributed by atoms with Crippen molar-refractivity contribution >= 4 is 91.4 Å². The molecule has 0 saturated carbocycles. The molecule has 0 amide bonds. The van der Waals surface area contributed by atoms with E-state index in [-0.39, 0.29) is 0 Å². The Morgan fingerprint density at radius 2 is 0.979 bits per heavy atom. The van der Waals surface area contributed by atoms with Gasteiger partial charge in [0.25, 0.3) is 0 Å². The van der Waals surface area contributed by atoms with Crippen LogP contribution in [0.3, 0.4) is 0 Å². The van der Waals surface area contributed by atoms with E-state index in [2.05, 4.69) is 155 Å². The molecule has 222 valence electrons. The second-order valence-corrected chi connectivity index (χ2v) is 23.8. The van der Waals surface area contributed by atoms with E-state index in [0.717, 1.165) is 34.5 Å². The minimum absolute atomic E-state index is 0.780. The van der Waals surface area contributed by atoms with Crippen LogP contribution in [0.25, 0.3) is 0 Å². The maximum atomic E-state index is 6.81. The van der Waals surface area contributed by atoms with Crippen LogP contribution in [-0.2, 0) is 0 Å². The van der Waals surface area contributed by atoms with Crippen molar-refractivity contribution in [2.45, 2.75) is 0 Å². The summed E-state index contributed by atoms with van der Waals surface area (Å²) in [6, 6.07) is 54.7. The molecule has 0 saturated heterocycles. The maximum absolute atomic E-state index is 6.81. The molecule has 0 fully saturated rings. The summed E-state index contributed by atoms with van der Waals surface area (Å²) in [5.74, 6) is 3.57. The number of aromatic nitrogens is 1. The van der Waals surface area contributed by atoms with Crippen molar-refractivity contribution in [3.8, 4) is 23.1 Å². The van der Waals surface area contributed by atoms with E-state index in [9.17, 15) is 0 Å². The Kier molecular flexibility index (Phi) is 5.74. The van der Waals surface area contributed by atoms with Crippen molar-refractivity contribution < 1.29 is 9.47 Å². The molecule has 6 aromatic carbocycles. The summed E-state index contributed by atoms with van der Waals surface area (Å²) >= 11 is -5.44. The third-order valence-electron chi connectivity index (χ3n) is 10.2. The third-order valence-corrected chi connectivity index (χ3v) is 23.9. The van der Waals surface area contributed by atoms with Crippen molar-refractivity contribution in [3.05, 3.63) is 152 Å². The first-order chi connectivity index (χ1) is 23.8. The SMILES string of the molecule is c1ccc(N2c3cccc[c]3[Ga]3[c]4nc5[c](cc4N(c4ccccc4)c4cccc2[c]43)[Ga]2[c]3ccccc3Oc3cccc([c]32)O5)cc1.